The van der Waals surface area contributed by atoms with Crippen LogP contribution < -0.4 is 5.32 Å². The quantitative estimate of drug-likeness (QED) is 0.724. The van der Waals surface area contributed by atoms with Gasteiger partial charge in [-0.25, -0.2) is 4.79 Å². The number of aromatic nitrogens is 2. The van der Waals surface area contributed by atoms with Crippen molar-refractivity contribution >= 4 is 11.9 Å². The number of nitrogens with one attached hydrogen (secondary N) is 2. The van der Waals surface area contributed by atoms with E-state index in [1.165, 1.54) is 0 Å². The summed E-state index contributed by atoms with van der Waals surface area (Å²) in [6.45, 7) is 7.17. The van der Waals surface area contributed by atoms with Crippen LogP contribution in [0.5, 0.6) is 0 Å². The Hall–Kier alpha value is -1.85. The van der Waals surface area contributed by atoms with E-state index in [0.717, 1.165) is 17.0 Å². The van der Waals surface area contributed by atoms with Crippen molar-refractivity contribution in [3.05, 3.63) is 17.0 Å². The zero-order valence-corrected chi connectivity index (χ0v) is 11.8. The first-order chi connectivity index (χ1) is 8.86. The number of rotatable bonds is 6. The maximum absolute atomic E-state index is 12.0. The number of hydrogen-bond donors (Lipinski definition) is 3. The Bertz CT molecular complexity index is 456. The van der Waals surface area contributed by atoms with Crippen LogP contribution in [-0.4, -0.2) is 32.7 Å². The predicted octanol–water partition coefficient (Wildman–Crippen LogP) is 1.33. The molecule has 0 radical (unpaired) electrons. The molecule has 1 amide bonds. The van der Waals surface area contributed by atoms with Crippen LogP contribution in [0.25, 0.3) is 0 Å². The van der Waals surface area contributed by atoms with Crippen LogP contribution in [0.4, 0.5) is 0 Å². The number of aryl methyl sites for hydroxylation is 2. The van der Waals surface area contributed by atoms with Crippen molar-refractivity contribution in [2.75, 3.05) is 0 Å². The van der Waals surface area contributed by atoms with E-state index in [4.69, 9.17) is 0 Å². The zero-order valence-electron chi connectivity index (χ0n) is 11.8. The van der Waals surface area contributed by atoms with Crippen LogP contribution in [-0.2, 0) is 16.0 Å². The summed E-state index contributed by atoms with van der Waals surface area (Å²) in [5.74, 6) is -1.29. The molecule has 0 aliphatic rings. The molecule has 6 nitrogen and oxygen atoms in total. The number of aromatic amines is 1. The third-order valence-corrected chi connectivity index (χ3v) is 3.61. The maximum Gasteiger partial charge on any atom is 0.329 e. The van der Waals surface area contributed by atoms with Crippen molar-refractivity contribution < 1.29 is 14.7 Å². The molecular formula is C13H21N3O3. The minimum absolute atomic E-state index is 0.142. The lowest BCUT2D eigenvalue weighted by Gasteiger charge is -2.28. The van der Waals surface area contributed by atoms with Gasteiger partial charge in [0.05, 0.1) is 12.1 Å². The topological polar surface area (TPSA) is 95.1 Å². The third kappa shape index (κ3) is 3.13. The van der Waals surface area contributed by atoms with Gasteiger partial charge < -0.3 is 10.4 Å². The highest BCUT2D eigenvalue weighted by atomic mass is 16.4. The lowest BCUT2D eigenvalue weighted by molar-refractivity contribution is -0.148. The van der Waals surface area contributed by atoms with Gasteiger partial charge in [0.15, 0.2) is 0 Å². The number of aliphatic carboxylic acids is 1. The molecule has 0 atom stereocenters. The van der Waals surface area contributed by atoms with E-state index >= 15 is 0 Å². The van der Waals surface area contributed by atoms with Crippen LogP contribution in [0.15, 0.2) is 0 Å². The van der Waals surface area contributed by atoms with E-state index in [1.807, 2.05) is 13.8 Å². The summed E-state index contributed by atoms with van der Waals surface area (Å²) in [7, 11) is 0. The fraction of sp³-hybridized carbons (Fsp3) is 0.615. The molecular weight excluding hydrogens is 246 g/mol. The molecule has 1 heterocycles. The molecule has 0 aliphatic heterocycles. The molecule has 0 saturated heterocycles. The van der Waals surface area contributed by atoms with Gasteiger partial charge in [0, 0.05) is 11.3 Å². The van der Waals surface area contributed by atoms with Gasteiger partial charge >= 0.3 is 5.97 Å². The summed E-state index contributed by atoms with van der Waals surface area (Å²) in [5, 5.41) is 18.7. The van der Waals surface area contributed by atoms with Gasteiger partial charge in [-0.3, -0.25) is 9.89 Å². The number of hydrogen-bond acceptors (Lipinski definition) is 3. The number of H-pyrrole nitrogens is 1. The summed E-state index contributed by atoms with van der Waals surface area (Å²) in [4.78, 5) is 23.4. The third-order valence-electron chi connectivity index (χ3n) is 3.61. The molecule has 0 unspecified atom stereocenters. The zero-order chi connectivity index (χ0) is 14.6. The molecule has 0 spiro atoms. The van der Waals surface area contributed by atoms with Crippen LogP contribution in [0.2, 0.25) is 0 Å². The van der Waals surface area contributed by atoms with Crippen molar-refractivity contribution in [1.82, 2.24) is 15.5 Å². The molecule has 0 fully saturated rings. The largest absolute Gasteiger partial charge is 0.480 e. The van der Waals surface area contributed by atoms with E-state index in [2.05, 4.69) is 15.5 Å². The van der Waals surface area contributed by atoms with Gasteiger partial charge in [-0.15, -0.1) is 0 Å². The summed E-state index contributed by atoms with van der Waals surface area (Å²) in [5.41, 5.74) is 1.25. The van der Waals surface area contributed by atoms with Gasteiger partial charge in [-0.05, 0) is 26.7 Å². The molecule has 6 heteroatoms. The Labute approximate surface area is 112 Å². The first kappa shape index (κ1) is 15.2. The summed E-state index contributed by atoms with van der Waals surface area (Å²) < 4.78 is 0. The fourth-order valence-corrected chi connectivity index (χ4v) is 2.09. The highest BCUT2D eigenvalue weighted by Gasteiger charge is 2.36. The van der Waals surface area contributed by atoms with Crippen molar-refractivity contribution in [2.24, 2.45) is 0 Å². The molecule has 0 aliphatic carbocycles. The van der Waals surface area contributed by atoms with E-state index < -0.39 is 11.5 Å². The Kier molecular flexibility index (Phi) is 4.69. The average Bonchev–Trinajstić information content (AvgIpc) is 2.67. The second-order valence-corrected chi connectivity index (χ2v) is 4.73. The minimum atomic E-state index is -1.18. The molecule has 19 heavy (non-hydrogen) atoms. The number of carbonyl (C=O) groups is 2. The van der Waals surface area contributed by atoms with Crippen LogP contribution in [0, 0.1) is 13.8 Å². The van der Waals surface area contributed by atoms with Crippen LogP contribution in [0.3, 0.4) is 0 Å². The number of carboxylic acid groups (broad SMARTS) is 1. The van der Waals surface area contributed by atoms with Gasteiger partial charge in [-0.1, -0.05) is 13.8 Å². The van der Waals surface area contributed by atoms with E-state index in [-0.39, 0.29) is 12.3 Å². The van der Waals surface area contributed by atoms with Gasteiger partial charge in [-0.2, -0.15) is 5.10 Å². The number of nitrogens with zero attached hydrogens (tertiary/aromatic N) is 1. The molecule has 0 bridgehead atoms. The second kappa shape index (κ2) is 5.86. The molecule has 1 aromatic rings. The Morgan fingerprint density at radius 2 is 1.89 bits per heavy atom. The van der Waals surface area contributed by atoms with Gasteiger partial charge in [0.2, 0.25) is 5.91 Å². The summed E-state index contributed by atoms with van der Waals surface area (Å²) >= 11 is 0. The smallest absolute Gasteiger partial charge is 0.329 e. The first-order valence-electron chi connectivity index (χ1n) is 6.41. The second-order valence-electron chi connectivity index (χ2n) is 4.73. The summed E-state index contributed by atoms with van der Waals surface area (Å²) in [6.07, 6.45) is 0.852. The van der Waals surface area contributed by atoms with Gasteiger partial charge in [0.1, 0.15) is 5.54 Å². The highest BCUT2D eigenvalue weighted by molar-refractivity contribution is 5.88. The van der Waals surface area contributed by atoms with E-state index in [1.54, 1.807) is 13.8 Å². The van der Waals surface area contributed by atoms with Crippen molar-refractivity contribution in [3.8, 4) is 0 Å². The molecule has 106 valence electrons. The fourth-order valence-electron chi connectivity index (χ4n) is 2.09. The van der Waals surface area contributed by atoms with Crippen LogP contribution >= 0.6 is 0 Å². The van der Waals surface area contributed by atoms with Crippen molar-refractivity contribution in [3.63, 3.8) is 0 Å². The van der Waals surface area contributed by atoms with E-state index in [0.29, 0.717) is 12.8 Å². The highest BCUT2D eigenvalue weighted by Crippen LogP contribution is 2.17. The maximum atomic E-state index is 12.0. The number of carbonyl (C=O) groups excluding carboxylic acids is 1. The predicted molar refractivity (Wildman–Crippen MR) is 70.9 cm³/mol. The standard InChI is InChI=1S/C13H21N3O3/c1-5-13(6-2,12(18)19)14-11(17)7-10-8(3)15-16-9(10)4/h5-7H2,1-4H3,(H,14,17)(H,15,16)(H,18,19). The normalized spacial score (nSPS) is 11.4. The molecule has 3 N–H and O–H groups in total. The lowest BCUT2D eigenvalue weighted by atomic mass is 9.92. The Morgan fingerprint density at radius 1 is 1.32 bits per heavy atom. The SMILES string of the molecule is CCC(CC)(NC(=O)Cc1c(C)n[nH]c1C)C(=O)O. The van der Waals surface area contributed by atoms with Crippen LogP contribution in [0.1, 0.15) is 43.6 Å². The molecule has 0 saturated carbocycles. The van der Waals surface area contributed by atoms with Crippen molar-refractivity contribution in [1.29, 1.82) is 0 Å². The average molecular weight is 267 g/mol. The number of carboxylic acids is 1. The van der Waals surface area contributed by atoms with Crippen molar-refractivity contribution in [2.45, 2.75) is 52.5 Å². The minimum Gasteiger partial charge on any atom is -0.480 e. The lowest BCUT2D eigenvalue weighted by Crippen LogP contribution is -2.54. The Morgan fingerprint density at radius 3 is 2.26 bits per heavy atom. The van der Waals surface area contributed by atoms with Gasteiger partial charge in [0.25, 0.3) is 0 Å². The monoisotopic (exact) mass is 267 g/mol. The molecule has 1 rings (SSSR count). The first-order valence-corrected chi connectivity index (χ1v) is 6.41. The molecule has 0 aromatic carbocycles. The Balaban J connectivity index is 2.82. The molecule has 1 aromatic heterocycles. The summed E-state index contributed by atoms with van der Waals surface area (Å²) in [6, 6.07) is 0. The number of amides is 1. The van der Waals surface area contributed by atoms with E-state index in [9.17, 15) is 14.7 Å².